The van der Waals surface area contributed by atoms with Crippen LogP contribution in [0.5, 0.6) is 0 Å². The second kappa shape index (κ2) is 7.27. The van der Waals surface area contributed by atoms with Crippen LogP contribution in [0.1, 0.15) is 15.9 Å². The summed E-state index contributed by atoms with van der Waals surface area (Å²) in [5.74, 6) is -1.81. The highest BCUT2D eigenvalue weighted by Crippen LogP contribution is 2.21. The smallest absolute Gasteiger partial charge is 0.308 e. The molecule has 0 spiro atoms. The number of aliphatic carboxylic acids is 1. The number of rotatable bonds is 6. The lowest BCUT2D eigenvalue weighted by molar-refractivity contribution is -0.141. The van der Waals surface area contributed by atoms with E-state index in [1.165, 1.54) is 0 Å². The third-order valence-corrected chi connectivity index (χ3v) is 4.80. The van der Waals surface area contributed by atoms with E-state index in [2.05, 4.69) is 5.32 Å². The van der Waals surface area contributed by atoms with Gasteiger partial charge < -0.3 is 10.4 Å². The minimum absolute atomic E-state index is 0.102. The van der Waals surface area contributed by atoms with Gasteiger partial charge in [-0.15, -0.1) is 11.3 Å². The van der Waals surface area contributed by atoms with Crippen LogP contribution >= 0.6 is 11.3 Å². The van der Waals surface area contributed by atoms with Crippen molar-refractivity contribution in [3.63, 3.8) is 0 Å². The number of carbonyl (C=O) groups excluding carboxylic acids is 1. The van der Waals surface area contributed by atoms with Crippen molar-refractivity contribution in [1.82, 2.24) is 5.32 Å². The van der Waals surface area contributed by atoms with Crippen molar-refractivity contribution < 1.29 is 14.7 Å². The summed E-state index contributed by atoms with van der Waals surface area (Å²) in [6, 6.07) is 16.9. The fourth-order valence-corrected chi connectivity index (χ4v) is 3.34. The van der Waals surface area contributed by atoms with E-state index < -0.39 is 11.9 Å². The first-order chi connectivity index (χ1) is 11.6. The number of fused-ring (bicyclic) bond motifs is 1. The normalized spacial score (nSPS) is 12.0. The molecule has 3 aromatic rings. The molecule has 0 aliphatic heterocycles. The van der Waals surface area contributed by atoms with Gasteiger partial charge in [-0.25, -0.2) is 0 Å². The number of amides is 1. The molecule has 4 nitrogen and oxygen atoms in total. The van der Waals surface area contributed by atoms with Crippen molar-refractivity contribution in [2.75, 3.05) is 6.54 Å². The zero-order valence-electron chi connectivity index (χ0n) is 12.9. The number of carbonyl (C=O) groups is 2. The molecule has 0 saturated carbocycles. The van der Waals surface area contributed by atoms with E-state index in [1.54, 1.807) is 17.4 Å². The van der Waals surface area contributed by atoms with Crippen LogP contribution in [-0.2, 0) is 11.2 Å². The summed E-state index contributed by atoms with van der Waals surface area (Å²) in [6.45, 7) is 0.102. The van der Waals surface area contributed by atoms with E-state index >= 15 is 0 Å². The molecular formula is C19H17NO3S. The van der Waals surface area contributed by atoms with E-state index in [9.17, 15) is 14.7 Å². The Labute approximate surface area is 143 Å². The van der Waals surface area contributed by atoms with E-state index in [4.69, 9.17) is 0 Å². The van der Waals surface area contributed by atoms with Crippen molar-refractivity contribution in [2.45, 2.75) is 6.42 Å². The molecule has 24 heavy (non-hydrogen) atoms. The maximum Gasteiger partial charge on any atom is 0.308 e. The van der Waals surface area contributed by atoms with Gasteiger partial charge in [0.1, 0.15) is 0 Å². The summed E-state index contributed by atoms with van der Waals surface area (Å²) in [5.41, 5.74) is 1.49. The fraction of sp³-hybridized carbons (Fsp3) is 0.158. The minimum Gasteiger partial charge on any atom is -0.481 e. The molecule has 3 rings (SSSR count). The SMILES string of the molecule is O=C(NCC(Cc1ccccc1)C(=O)O)c1ccc2sccc2c1. The van der Waals surface area contributed by atoms with E-state index in [-0.39, 0.29) is 12.5 Å². The Hall–Kier alpha value is -2.66. The third kappa shape index (κ3) is 3.81. The highest BCUT2D eigenvalue weighted by Gasteiger charge is 2.19. The minimum atomic E-state index is -0.910. The van der Waals surface area contributed by atoms with Crippen molar-refractivity contribution >= 4 is 33.3 Å². The van der Waals surface area contributed by atoms with Crippen LogP contribution in [0.25, 0.3) is 10.1 Å². The molecule has 2 aromatic carbocycles. The number of carboxylic acids is 1. The molecule has 0 bridgehead atoms. The largest absolute Gasteiger partial charge is 0.481 e. The number of benzene rings is 2. The first kappa shape index (κ1) is 16.2. The van der Waals surface area contributed by atoms with Gasteiger partial charge in [0.05, 0.1) is 5.92 Å². The number of thiophene rings is 1. The van der Waals surface area contributed by atoms with Crippen LogP contribution in [0.3, 0.4) is 0 Å². The van der Waals surface area contributed by atoms with Crippen molar-refractivity contribution in [1.29, 1.82) is 0 Å². The summed E-state index contributed by atoms with van der Waals surface area (Å²) in [4.78, 5) is 23.7. The first-order valence-electron chi connectivity index (χ1n) is 7.65. The molecule has 1 aromatic heterocycles. The second-order valence-corrected chi connectivity index (χ2v) is 6.56. The molecule has 1 atom stereocenters. The van der Waals surface area contributed by atoms with Crippen molar-refractivity contribution in [2.24, 2.45) is 5.92 Å². The summed E-state index contributed by atoms with van der Waals surface area (Å²) >= 11 is 1.62. The molecule has 1 unspecified atom stereocenters. The molecule has 0 aliphatic carbocycles. The van der Waals surface area contributed by atoms with Gasteiger partial charge in [0.15, 0.2) is 0 Å². The van der Waals surface area contributed by atoms with Gasteiger partial charge in [-0.3, -0.25) is 9.59 Å². The molecule has 0 fully saturated rings. The quantitative estimate of drug-likeness (QED) is 0.721. The Bertz CT molecular complexity index is 857. The van der Waals surface area contributed by atoms with Crippen LogP contribution in [0.15, 0.2) is 60.0 Å². The van der Waals surface area contributed by atoms with Gasteiger partial charge in [0, 0.05) is 16.8 Å². The maximum absolute atomic E-state index is 12.3. The Morgan fingerprint density at radius 1 is 1.08 bits per heavy atom. The molecule has 5 heteroatoms. The van der Waals surface area contributed by atoms with Gasteiger partial charge in [0.25, 0.3) is 5.91 Å². The summed E-state index contributed by atoms with van der Waals surface area (Å²) in [5, 5.41) is 15.1. The molecular weight excluding hydrogens is 322 g/mol. The van der Waals surface area contributed by atoms with Crippen LogP contribution in [0.2, 0.25) is 0 Å². The van der Waals surface area contributed by atoms with E-state index in [0.29, 0.717) is 12.0 Å². The number of hydrogen-bond donors (Lipinski definition) is 2. The second-order valence-electron chi connectivity index (χ2n) is 5.61. The van der Waals surface area contributed by atoms with Gasteiger partial charge in [0.2, 0.25) is 0 Å². The monoisotopic (exact) mass is 339 g/mol. The molecule has 0 aliphatic rings. The Kier molecular flexibility index (Phi) is 4.91. The average molecular weight is 339 g/mol. The van der Waals surface area contributed by atoms with Gasteiger partial charge in [-0.2, -0.15) is 0 Å². The van der Waals surface area contributed by atoms with E-state index in [1.807, 2.05) is 53.9 Å². The predicted octanol–water partition coefficient (Wildman–Crippen LogP) is 3.57. The van der Waals surface area contributed by atoms with Crippen molar-refractivity contribution in [3.8, 4) is 0 Å². The number of carboxylic acid groups (broad SMARTS) is 1. The standard InChI is InChI=1S/C19H17NO3S/c21-18(15-6-7-17-14(11-15)8-9-24-17)20-12-16(19(22)23)10-13-4-2-1-3-5-13/h1-9,11,16H,10,12H2,(H,20,21)(H,22,23). The van der Waals surface area contributed by atoms with Gasteiger partial charge in [-0.05, 0) is 47.0 Å². The molecule has 2 N–H and O–H groups in total. The topological polar surface area (TPSA) is 66.4 Å². The predicted molar refractivity (Wildman–Crippen MR) is 95.4 cm³/mol. The average Bonchev–Trinajstić information content (AvgIpc) is 3.06. The fourth-order valence-electron chi connectivity index (χ4n) is 2.57. The van der Waals surface area contributed by atoms with E-state index in [0.717, 1.165) is 15.6 Å². The number of nitrogens with one attached hydrogen (secondary N) is 1. The Morgan fingerprint density at radius 3 is 2.62 bits per heavy atom. The highest BCUT2D eigenvalue weighted by atomic mass is 32.1. The molecule has 122 valence electrons. The van der Waals surface area contributed by atoms with Crippen molar-refractivity contribution in [3.05, 3.63) is 71.1 Å². The Morgan fingerprint density at radius 2 is 1.88 bits per heavy atom. The summed E-state index contributed by atoms with van der Waals surface area (Å²) in [7, 11) is 0. The maximum atomic E-state index is 12.3. The number of hydrogen-bond acceptors (Lipinski definition) is 3. The van der Waals surface area contributed by atoms with Gasteiger partial charge in [-0.1, -0.05) is 30.3 Å². The van der Waals surface area contributed by atoms with Crippen LogP contribution in [-0.4, -0.2) is 23.5 Å². The lowest BCUT2D eigenvalue weighted by Crippen LogP contribution is -2.34. The molecule has 0 saturated heterocycles. The zero-order valence-corrected chi connectivity index (χ0v) is 13.8. The molecule has 0 radical (unpaired) electrons. The summed E-state index contributed by atoms with van der Waals surface area (Å²) in [6.07, 6.45) is 0.389. The summed E-state index contributed by atoms with van der Waals surface area (Å²) < 4.78 is 1.12. The lowest BCUT2D eigenvalue weighted by atomic mass is 9.99. The van der Waals surface area contributed by atoms with Gasteiger partial charge >= 0.3 is 5.97 Å². The molecule has 1 heterocycles. The zero-order chi connectivity index (χ0) is 16.9. The third-order valence-electron chi connectivity index (χ3n) is 3.90. The lowest BCUT2D eigenvalue weighted by Gasteiger charge is -2.13. The van der Waals surface area contributed by atoms with Crippen LogP contribution in [0, 0.1) is 5.92 Å². The van der Waals surface area contributed by atoms with Crippen LogP contribution in [0.4, 0.5) is 0 Å². The highest BCUT2D eigenvalue weighted by molar-refractivity contribution is 7.17. The Balaban J connectivity index is 1.65. The first-order valence-corrected chi connectivity index (χ1v) is 8.53. The van der Waals surface area contributed by atoms with Crippen LogP contribution < -0.4 is 5.32 Å². The molecule has 1 amide bonds.